The quantitative estimate of drug-likeness (QED) is 0.467. The Hall–Kier alpha value is -2.92. The molecule has 1 saturated carbocycles. The molecule has 0 atom stereocenters. The van der Waals surface area contributed by atoms with E-state index in [-0.39, 0.29) is 49.4 Å². The number of alkyl halides is 6. The van der Waals surface area contributed by atoms with Crippen LogP contribution in [0.2, 0.25) is 0 Å². The van der Waals surface area contributed by atoms with E-state index < -0.39 is 47.5 Å². The van der Waals surface area contributed by atoms with E-state index in [9.17, 15) is 26.3 Å². The van der Waals surface area contributed by atoms with Crippen LogP contribution in [-0.2, 0) is 6.18 Å². The zero-order valence-electron chi connectivity index (χ0n) is 16.6. The number of aromatic nitrogens is 4. The minimum atomic E-state index is -4.79. The third kappa shape index (κ3) is 4.22. The molecule has 1 aliphatic carbocycles. The lowest BCUT2D eigenvalue weighted by Crippen LogP contribution is -2.32. The van der Waals surface area contributed by atoms with Crippen LogP contribution < -0.4 is 4.74 Å². The molecular formula is C20H19F7N4O. The minimum Gasteiger partial charge on any atom is -0.472 e. The molecule has 1 fully saturated rings. The van der Waals surface area contributed by atoms with Crippen LogP contribution >= 0.6 is 0 Å². The van der Waals surface area contributed by atoms with E-state index in [2.05, 4.69) is 19.9 Å². The van der Waals surface area contributed by atoms with Gasteiger partial charge in [-0.05, 0) is 38.7 Å². The van der Waals surface area contributed by atoms with Gasteiger partial charge < -0.3 is 9.72 Å². The Morgan fingerprint density at radius 3 is 2.38 bits per heavy atom. The van der Waals surface area contributed by atoms with Crippen molar-refractivity contribution >= 4 is 10.9 Å². The van der Waals surface area contributed by atoms with Crippen molar-refractivity contribution in [3.63, 3.8) is 0 Å². The van der Waals surface area contributed by atoms with E-state index in [1.54, 1.807) is 0 Å². The molecule has 0 aliphatic heterocycles. The molecule has 1 aliphatic rings. The van der Waals surface area contributed by atoms with Gasteiger partial charge in [0.25, 0.3) is 5.88 Å². The number of ether oxygens (including phenoxy) is 1. The van der Waals surface area contributed by atoms with Crippen LogP contribution in [-0.4, -0.2) is 32.2 Å². The fraction of sp³-hybridized carbons (Fsp3) is 0.450. The van der Waals surface area contributed by atoms with Crippen molar-refractivity contribution in [1.29, 1.82) is 0 Å². The number of halogens is 7. The van der Waals surface area contributed by atoms with Gasteiger partial charge in [-0.15, -0.1) is 0 Å². The summed E-state index contributed by atoms with van der Waals surface area (Å²) in [6.45, 7) is 1.41. The van der Waals surface area contributed by atoms with E-state index >= 15 is 4.39 Å². The van der Waals surface area contributed by atoms with Gasteiger partial charge in [-0.25, -0.2) is 4.98 Å². The summed E-state index contributed by atoms with van der Waals surface area (Å²) in [7, 11) is 0. The van der Waals surface area contributed by atoms with Gasteiger partial charge in [0.05, 0.1) is 5.92 Å². The average molecular weight is 464 g/mol. The Morgan fingerprint density at radius 1 is 1.06 bits per heavy atom. The lowest BCUT2D eigenvalue weighted by atomic mass is 9.87. The average Bonchev–Trinajstić information content (AvgIpc) is 3.13. The van der Waals surface area contributed by atoms with Gasteiger partial charge >= 0.3 is 12.4 Å². The maximum atomic E-state index is 15.2. The molecule has 0 radical (unpaired) electrons. The van der Waals surface area contributed by atoms with Crippen LogP contribution in [0, 0.1) is 18.7 Å². The Kier molecular flexibility index (Phi) is 5.49. The summed E-state index contributed by atoms with van der Waals surface area (Å²) < 4.78 is 99.8. The second-order valence-corrected chi connectivity index (χ2v) is 7.65. The van der Waals surface area contributed by atoms with Gasteiger partial charge in [0.1, 0.15) is 17.6 Å². The van der Waals surface area contributed by atoms with Gasteiger partial charge in [-0.1, -0.05) is 0 Å². The summed E-state index contributed by atoms with van der Waals surface area (Å²) in [5.41, 5.74) is -1.70. The van der Waals surface area contributed by atoms with E-state index in [1.807, 2.05) is 0 Å². The number of H-pyrrole nitrogens is 1. The molecule has 4 rings (SSSR count). The zero-order chi connectivity index (χ0) is 23.3. The first-order valence-electron chi connectivity index (χ1n) is 9.76. The normalized spacial score (nSPS) is 20.0. The van der Waals surface area contributed by atoms with Crippen LogP contribution in [0.1, 0.15) is 38.6 Å². The van der Waals surface area contributed by atoms with Crippen LogP contribution in [0.15, 0.2) is 18.5 Å². The maximum absolute atomic E-state index is 15.2. The van der Waals surface area contributed by atoms with Crippen molar-refractivity contribution in [2.45, 2.75) is 51.1 Å². The third-order valence-corrected chi connectivity index (χ3v) is 5.46. The number of rotatable bonds is 3. The Labute approximate surface area is 178 Å². The smallest absolute Gasteiger partial charge is 0.434 e. The van der Waals surface area contributed by atoms with Crippen molar-refractivity contribution in [3.8, 4) is 17.1 Å². The fourth-order valence-electron chi connectivity index (χ4n) is 3.93. The highest BCUT2D eigenvalue weighted by Gasteiger charge is 2.42. The molecule has 174 valence electrons. The zero-order valence-corrected chi connectivity index (χ0v) is 16.6. The summed E-state index contributed by atoms with van der Waals surface area (Å²) in [6, 6.07) is 1.32. The predicted octanol–water partition coefficient (Wildman–Crippen LogP) is 6.23. The number of pyridine rings is 1. The highest BCUT2D eigenvalue weighted by atomic mass is 19.4. The van der Waals surface area contributed by atoms with Gasteiger partial charge in [-0.3, -0.25) is 4.98 Å². The number of aromatic amines is 1. The summed E-state index contributed by atoms with van der Waals surface area (Å²) in [5, 5.41) is -0.353. The number of nitrogens with zero attached hydrogens (tertiary/aromatic N) is 3. The molecule has 0 saturated heterocycles. The fourth-order valence-corrected chi connectivity index (χ4v) is 3.93. The molecule has 0 amide bonds. The molecule has 0 bridgehead atoms. The highest BCUT2D eigenvalue weighted by molar-refractivity contribution is 5.96. The van der Waals surface area contributed by atoms with Crippen LogP contribution in [0.4, 0.5) is 30.7 Å². The van der Waals surface area contributed by atoms with Gasteiger partial charge in [-0.2, -0.15) is 35.7 Å². The van der Waals surface area contributed by atoms with E-state index in [0.29, 0.717) is 0 Å². The van der Waals surface area contributed by atoms with E-state index in [1.165, 1.54) is 19.2 Å². The van der Waals surface area contributed by atoms with E-state index in [4.69, 9.17) is 4.74 Å². The SMILES string of the molecule is Cc1nc(OC2CCC(C(F)(F)F)CC2)c(F)c(-c2c[nH]c3ccnc(C(F)(F)F)c23)n1.[HH]. The second kappa shape index (κ2) is 7.89. The number of fused-ring (bicyclic) bond motifs is 1. The van der Waals surface area contributed by atoms with Crippen LogP contribution in [0.3, 0.4) is 0 Å². The Bertz CT molecular complexity index is 1140. The molecule has 3 heterocycles. The lowest BCUT2D eigenvalue weighted by molar-refractivity contribution is -0.185. The van der Waals surface area contributed by atoms with Crippen molar-refractivity contribution in [2.24, 2.45) is 5.92 Å². The molecule has 3 aromatic rings. The summed E-state index contributed by atoms with van der Waals surface area (Å²) in [5.74, 6) is -3.00. The first-order chi connectivity index (χ1) is 14.9. The molecule has 3 aromatic heterocycles. The number of hydrogen-bond donors (Lipinski definition) is 1. The van der Waals surface area contributed by atoms with Crippen molar-refractivity contribution in [3.05, 3.63) is 35.8 Å². The van der Waals surface area contributed by atoms with Gasteiger partial charge in [0.2, 0.25) is 5.82 Å². The predicted molar refractivity (Wildman–Crippen MR) is 101 cm³/mol. The maximum Gasteiger partial charge on any atom is 0.434 e. The lowest BCUT2D eigenvalue weighted by Gasteiger charge is -2.30. The van der Waals surface area contributed by atoms with E-state index in [0.717, 1.165) is 6.20 Å². The van der Waals surface area contributed by atoms with Gasteiger partial charge in [0.15, 0.2) is 5.69 Å². The third-order valence-electron chi connectivity index (χ3n) is 5.46. The van der Waals surface area contributed by atoms with Crippen molar-refractivity contribution < 1.29 is 36.9 Å². The number of nitrogens with one attached hydrogen (secondary N) is 1. The Balaban J connectivity index is 0.00000306. The number of hydrogen-bond acceptors (Lipinski definition) is 4. The molecule has 12 heteroatoms. The molecule has 32 heavy (non-hydrogen) atoms. The first-order valence-corrected chi connectivity index (χ1v) is 9.76. The summed E-state index contributed by atoms with van der Waals surface area (Å²) in [4.78, 5) is 13.9. The summed E-state index contributed by atoms with van der Waals surface area (Å²) in [6.07, 6.45) is -7.82. The summed E-state index contributed by atoms with van der Waals surface area (Å²) >= 11 is 0. The molecule has 5 nitrogen and oxygen atoms in total. The molecule has 0 aromatic carbocycles. The second-order valence-electron chi connectivity index (χ2n) is 7.65. The standard InChI is InChI=1S/C20H17F7N4O.H2/c1-9-30-16(12-8-29-13-6-7-28-17(14(12)13)20(25,26)27)15(21)18(31-9)32-11-4-2-10(3-5-11)19(22,23)24;/h6-8,10-11,29H,2-5H2,1H3;1H. The van der Waals surface area contributed by atoms with Crippen molar-refractivity contribution in [1.82, 2.24) is 19.9 Å². The first kappa shape index (κ1) is 22.3. The van der Waals surface area contributed by atoms with Crippen molar-refractivity contribution in [2.75, 3.05) is 0 Å². The largest absolute Gasteiger partial charge is 0.472 e. The molecule has 1 N–H and O–H groups in total. The van der Waals surface area contributed by atoms with Gasteiger partial charge in [0, 0.05) is 30.3 Å². The Morgan fingerprint density at radius 2 is 1.75 bits per heavy atom. The monoisotopic (exact) mass is 464 g/mol. The van der Waals surface area contributed by atoms with Crippen LogP contribution in [0.25, 0.3) is 22.2 Å². The minimum absolute atomic E-state index is 0. The molecule has 0 spiro atoms. The number of aryl methyl sites for hydroxylation is 1. The molecule has 0 unspecified atom stereocenters. The van der Waals surface area contributed by atoms with Crippen LogP contribution in [0.5, 0.6) is 5.88 Å². The topological polar surface area (TPSA) is 63.7 Å². The highest BCUT2D eigenvalue weighted by Crippen LogP contribution is 2.41. The molecular weight excluding hydrogens is 445 g/mol.